The summed E-state index contributed by atoms with van der Waals surface area (Å²) in [6, 6.07) is 6.48. The third kappa shape index (κ3) is 3.33. The lowest BCUT2D eigenvalue weighted by molar-refractivity contribution is 0.204. The second-order valence-corrected chi connectivity index (χ2v) is 6.96. The van der Waals surface area contributed by atoms with E-state index in [1.807, 2.05) is 0 Å². The summed E-state index contributed by atoms with van der Waals surface area (Å²) in [6.07, 6.45) is 1.70. The van der Waals surface area contributed by atoms with Crippen LogP contribution >= 0.6 is 11.8 Å². The molecule has 3 rings (SSSR count). The molecule has 0 radical (unpaired) electrons. The van der Waals surface area contributed by atoms with Gasteiger partial charge in [-0.05, 0) is 30.5 Å². The minimum atomic E-state index is -0.641. The average Bonchev–Trinajstić information content (AvgIpc) is 3.24. The highest BCUT2D eigenvalue weighted by atomic mass is 32.2. The van der Waals surface area contributed by atoms with E-state index in [1.54, 1.807) is 12.1 Å². The number of thioether (sulfide) groups is 1. The van der Waals surface area contributed by atoms with Crippen molar-refractivity contribution < 1.29 is 9.50 Å². The van der Waals surface area contributed by atoms with Gasteiger partial charge in [-0.25, -0.2) is 4.39 Å². The van der Waals surface area contributed by atoms with Gasteiger partial charge >= 0.3 is 0 Å². The van der Waals surface area contributed by atoms with Crippen molar-refractivity contribution in [3.8, 4) is 0 Å². The number of rotatable bonds is 6. The number of benzene rings is 1. The van der Waals surface area contributed by atoms with Gasteiger partial charge in [-0.2, -0.15) is 0 Å². The van der Waals surface area contributed by atoms with Crippen molar-refractivity contribution >= 4 is 11.8 Å². The van der Waals surface area contributed by atoms with Crippen LogP contribution in [-0.2, 0) is 0 Å². The summed E-state index contributed by atoms with van der Waals surface area (Å²) in [7, 11) is 0. The molecule has 1 fully saturated rings. The van der Waals surface area contributed by atoms with Crippen molar-refractivity contribution in [3.05, 3.63) is 41.5 Å². The fourth-order valence-electron chi connectivity index (χ4n) is 2.39. The molecule has 1 aromatic carbocycles. The molecule has 1 N–H and O–H groups in total. The number of aliphatic hydroxyl groups is 1. The van der Waals surface area contributed by atoms with Gasteiger partial charge in [0.1, 0.15) is 11.6 Å². The highest BCUT2D eigenvalue weighted by Crippen LogP contribution is 2.40. The van der Waals surface area contributed by atoms with Crippen molar-refractivity contribution in [3.63, 3.8) is 0 Å². The third-order valence-corrected chi connectivity index (χ3v) is 4.76. The number of hydrogen-bond acceptors (Lipinski definition) is 4. The van der Waals surface area contributed by atoms with E-state index in [0.717, 1.165) is 16.5 Å². The molecule has 1 atom stereocenters. The molecule has 2 aromatic rings. The highest BCUT2D eigenvalue weighted by molar-refractivity contribution is 7.99. The molecular formula is C16H20FN3OS. The zero-order valence-corrected chi connectivity index (χ0v) is 13.6. The summed E-state index contributed by atoms with van der Waals surface area (Å²) in [5.41, 5.74) is 0.718. The van der Waals surface area contributed by atoms with Crippen LogP contribution in [-0.4, -0.2) is 25.6 Å². The van der Waals surface area contributed by atoms with Crippen LogP contribution in [0.15, 0.2) is 29.4 Å². The van der Waals surface area contributed by atoms with Crippen LogP contribution < -0.4 is 0 Å². The minimum Gasteiger partial charge on any atom is -0.388 e. The van der Waals surface area contributed by atoms with Crippen LogP contribution in [0, 0.1) is 5.82 Å². The van der Waals surface area contributed by atoms with Crippen LogP contribution in [0.1, 0.15) is 56.1 Å². The summed E-state index contributed by atoms with van der Waals surface area (Å²) < 4.78 is 15.1. The Morgan fingerprint density at radius 2 is 1.95 bits per heavy atom. The Hall–Kier alpha value is -1.40. The fourth-order valence-corrected chi connectivity index (χ4v) is 3.37. The fraction of sp³-hybridized carbons (Fsp3) is 0.500. The van der Waals surface area contributed by atoms with E-state index >= 15 is 0 Å². The molecule has 22 heavy (non-hydrogen) atoms. The summed E-state index contributed by atoms with van der Waals surface area (Å²) in [4.78, 5) is 0. The predicted octanol–water partition coefficient (Wildman–Crippen LogP) is 3.70. The second kappa shape index (κ2) is 6.38. The maximum atomic E-state index is 12.9. The predicted molar refractivity (Wildman–Crippen MR) is 84.5 cm³/mol. The first-order chi connectivity index (χ1) is 10.6. The van der Waals surface area contributed by atoms with Crippen LogP contribution in [0.3, 0.4) is 0 Å². The Balaban J connectivity index is 1.70. The summed E-state index contributed by atoms with van der Waals surface area (Å²) in [5.74, 6) is 1.54. The van der Waals surface area contributed by atoms with E-state index in [9.17, 15) is 9.50 Å². The number of aromatic nitrogens is 3. The Morgan fingerprint density at radius 1 is 1.27 bits per heavy atom. The maximum absolute atomic E-state index is 12.9. The molecule has 1 saturated carbocycles. The average molecular weight is 321 g/mol. The van der Waals surface area contributed by atoms with E-state index in [2.05, 4.69) is 28.6 Å². The lowest BCUT2D eigenvalue weighted by Crippen LogP contribution is -2.06. The van der Waals surface area contributed by atoms with Crippen LogP contribution in [0.5, 0.6) is 0 Å². The first-order valence-corrected chi connectivity index (χ1v) is 8.56. The molecule has 0 bridgehead atoms. The van der Waals surface area contributed by atoms with E-state index in [4.69, 9.17) is 0 Å². The van der Waals surface area contributed by atoms with Crippen molar-refractivity contribution in [1.82, 2.24) is 14.8 Å². The van der Waals surface area contributed by atoms with Crippen molar-refractivity contribution in [2.45, 2.75) is 49.9 Å². The Morgan fingerprint density at radius 3 is 2.55 bits per heavy atom. The van der Waals surface area contributed by atoms with Gasteiger partial charge in [-0.1, -0.05) is 37.7 Å². The minimum absolute atomic E-state index is 0.293. The molecule has 1 aliphatic rings. The van der Waals surface area contributed by atoms with E-state index < -0.39 is 6.10 Å². The van der Waals surface area contributed by atoms with Crippen LogP contribution in [0.2, 0.25) is 0 Å². The lowest BCUT2D eigenvalue weighted by Gasteiger charge is -2.13. The molecule has 1 heterocycles. The van der Waals surface area contributed by atoms with Gasteiger partial charge in [0, 0.05) is 17.7 Å². The Bertz CT molecular complexity index is 637. The van der Waals surface area contributed by atoms with E-state index in [0.29, 0.717) is 17.7 Å². The molecule has 6 heteroatoms. The van der Waals surface area contributed by atoms with Gasteiger partial charge in [-0.3, -0.25) is 0 Å². The van der Waals surface area contributed by atoms with Crippen molar-refractivity contribution in [2.24, 2.45) is 0 Å². The zero-order chi connectivity index (χ0) is 15.7. The van der Waals surface area contributed by atoms with Gasteiger partial charge in [0.25, 0.3) is 0 Å². The molecule has 1 aromatic heterocycles. The normalized spacial score (nSPS) is 16.2. The van der Waals surface area contributed by atoms with Crippen molar-refractivity contribution in [2.75, 3.05) is 5.75 Å². The van der Waals surface area contributed by atoms with Crippen molar-refractivity contribution in [1.29, 1.82) is 0 Å². The summed E-state index contributed by atoms with van der Waals surface area (Å²) in [6.45, 7) is 4.23. The van der Waals surface area contributed by atoms with E-state index in [1.165, 1.54) is 36.7 Å². The van der Waals surface area contributed by atoms with Crippen LogP contribution in [0.25, 0.3) is 0 Å². The first kappa shape index (κ1) is 15.5. The van der Waals surface area contributed by atoms with Gasteiger partial charge in [0.05, 0.1) is 6.10 Å². The van der Waals surface area contributed by atoms with Gasteiger partial charge < -0.3 is 9.67 Å². The SMILES string of the molecule is CC(C)c1nnc(SCC(O)c2ccc(F)cc2)n1C1CC1. The Labute approximate surface area is 133 Å². The smallest absolute Gasteiger partial charge is 0.191 e. The molecular weight excluding hydrogens is 301 g/mol. The number of halogens is 1. The van der Waals surface area contributed by atoms with Gasteiger partial charge in [0.15, 0.2) is 5.16 Å². The molecule has 0 saturated heterocycles. The van der Waals surface area contributed by atoms with Gasteiger partial charge in [-0.15, -0.1) is 10.2 Å². The monoisotopic (exact) mass is 321 g/mol. The largest absolute Gasteiger partial charge is 0.388 e. The van der Waals surface area contributed by atoms with Gasteiger partial charge in [0.2, 0.25) is 0 Å². The highest BCUT2D eigenvalue weighted by Gasteiger charge is 2.30. The Kier molecular flexibility index (Phi) is 4.49. The molecule has 1 unspecified atom stereocenters. The molecule has 0 aliphatic heterocycles. The zero-order valence-electron chi connectivity index (χ0n) is 12.7. The third-order valence-electron chi connectivity index (χ3n) is 3.74. The molecule has 4 nitrogen and oxygen atoms in total. The topological polar surface area (TPSA) is 50.9 Å². The standard InChI is InChI=1S/C16H20FN3OS/c1-10(2)15-18-19-16(20(15)13-7-8-13)22-9-14(21)11-3-5-12(17)6-4-11/h3-6,10,13-14,21H,7-9H2,1-2H3. The molecule has 118 valence electrons. The summed E-state index contributed by atoms with van der Waals surface area (Å²) in [5, 5.41) is 19.7. The first-order valence-electron chi connectivity index (χ1n) is 7.57. The molecule has 0 amide bonds. The second-order valence-electron chi connectivity index (χ2n) is 5.98. The van der Waals surface area contributed by atoms with E-state index in [-0.39, 0.29) is 5.82 Å². The number of hydrogen-bond donors (Lipinski definition) is 1. The molecule has 1 aliphatic carbocycles. The lowest BCUT2D eigenvalue weighted by atomic mass is 10.1. The van der Waals surface area contributed by atoms with Crippen LogP contribution in [0.4, 0.5) is 4.39 Å². The number of nitrogens with zero attached hydrogens (tertiary/aromatic N) is 3. The quantitative estimate of drug-likeness (QED) is 0.824. The summed E-state index contributed by atoms with van der Waals surface area (Å²) >= 11 is 1.51. The number of aliphatic hydroxyl groups excluding tert-OH is 1. The molecule has 0 spiro atoms. The maximum Gasteiger partial charge on any atom is 0.191 e.